The van der Waals surface area contributed by atoms with E-state index >= 15 is 0 Å². The molecule has 0 aromatic rings. The number of hydrogen-bond acceptors (Lipinski definition) is 0. The molecule has 0 saturated heterocycles. The number of rotatable bonds is 0. The molecule has 5 aliphatic rings. The van der Waals surface area contributed by atoms with E-state index in [4.69, 9.17) is 5.73 Å². The first-order valence-corrected chi connectivity index (χ1v) is 15.1. The average molecular weight is 582 g/mol. The molecule has 0 aromatic heterocycles. The van der Waals surface area contributed by atoms with Crippen LogP contribution in [0, 0.1) is 28.7 Å². The van der Waals surface area contributed by atoms with Gasteiger partial charge in [-0.2, -0.15) is 11.1 Å². The molecule has 3 atom stereocenters. The Morgan fingerprint density at radius 2 is 1.42 bits per heavy atom. The Hall–Kier alpha value is 0.853. The summed E-state index contributed by atoms with van der Waals surface area (Å²) < 4.78 is 0. The van der Waals surface area contributed by atoms with E-state index in [1.165, 1.54) is 55.2 Å². The molecule has 0 aliphatic heterocycles. The van der Waals surface area contributed by atoms with Crippen molar-refractivity contribution in [2.24, 2.45) is 22.7 Å². The minimum absolute atomic E-state index is 0. The molecular formula is C23H40GeHfN-2. The van der Waals surface area contributed by atoms with E-state index in [1.54, 1.807) is 0 Å². The van der Waals surface area contributed by atoms with Gasteiger partial charge in [-0.1, -0.05) is 59.8 Å². The van der Waals surface area contributed by atoms with Crippen LogP contribution in [0.1, 0.15) is 80.1 Å². The second-order valence-corrected chi connectivity index (χ2v) is 12.7. The van der Waals surface area contributed by atoms with Crippen LogP contribution in [0.3, 0.4) is 0 Å². The summed E-state index contributed by atoms with van der Waals surface area (Å²) in [5.74, 6) is 6.02. The maximum absolute atomic E-state index is 8.46. The average Bonchev–Trinajstić information content (AvgIpc) is 2.61. The van der Waals surface area contributed by atoms with Crippen molar-refractivity contribution in [1.29, 1.82) is 0 Å². The SMILES string of the molecule is CC12CC3CC(C)(C1)CC([NH-])(C3)C2.CC1=[C-]C(C)C(C)=C1C.[CH3][GeH][CH3].[Hf]. The summed E-state index contributed by atoms with van der Waals surface area (Å²) in [4.78, 5) is 0. The predicted molar refractivity (Wildman–Crippen MR) is 113 cm³/mol. The van der Waals surface area contributed by atoms with E-state index in [0.29, 0.717) is 32.2 Å². The molecule has 0 spiro atoms. The quantitative estimate of drug-likeness (QED) is 0.217. The van der Waals surface area contributed by atoms with Gasteiger partial charge < -0.3 is 5.73 Å². The topological polar surface area (TPSA) is 23.8 Å². The molecule has 26 heavy (non-hydrogen) atoms. The third-order valence-electron chi connectivity index (χ3n) is 6.86. The van der Waals surface area contributed by atoms with Crippen molar-refractivity contribution in [2.45, 2.75) is 97.1 Å². The smallest absolute Gasteiger partial charge is 0 e. The third-order valence-corrected chi connectivity index (χ3v) is 6.86. The normalized spacial score (nSPS) is 42.3. The molecule has 4 fully saturated rings. The Morgan fingerprint density at radius 3 is 1.65 bits per heavy atom. The van der Waals surface area contributed by atoms with Crippen LogP contribution in [0.5, 0.6) is 0 Å². The monoisotopic (exact) mass is 584 g/mol. The van der Waals surface area contributed by atoms with Crippen LogP contribution in [0.15, 0.2) is 16.7 Å². The summed E-state index contributed by atoms with van der Waals surface area (Å²) in [5, 5.41) is 0. The minimum atomic E-state index is -0.0249. The first-order chi connectivity index (χ1) is 11.4. The van der Waals surface area contributed by atoms with Gasteiger partial charge in [0.1, 0.15) is 0 Å². The Labute approximate surface area is 188 Å². The van der Waals surface area contributed by atoms with Crippen LogP contribution >= 0.6 is 0 Å². The Balaban J connectivity index is 0.000000230. The van der Waals surface area contributed by atoms with Crippen molar-refractivity contribution in [3.05, 3.63) is 28.5 Å². The number of allylic oxidation sites excluding steroid dienone is 4. The standard InChI is InChI=1S/C12H20N.C9H13.C2H7Ge.Hf/c1-10-3-9-4-11(2,6-10)8-12(13,5-9)7-10;1-6-5-7(2)9(4)8(6)3;1-3-2;/h9,13H,3-8H2,1-2H3;6H,1-4H3;3H,1-2H3;/q2*-1;;. The van der Waals surface area contributed by atoms with Gasteiger partial charge in [-0.15, -0.1) is 12.5 Å². The summed E-state index contributed by atoms with van der Waals surface area (Å²) in [7, 11) is 0. The van der Waals surface area contributed by atoms with Gasteiger partial charge in [-0.05, 0) is 36.0 Å². The Morgan fingerprint density at radius 1 is 0.962 bits per heavy atom. The molecule has 147 valence electrons. The third kappa shape index (κ3) is 5.69. The van der Waals surface area contributed by atoms with Gasteiger partial charge in [-0.25, -0.2) is 5.57 Å². The van der Waals surface area contributed by atoms with Gasteiger partial charge in [0, 0.05) is 25.8 Å². The fourth-order valence-corrected chi connectivity index (χ4v) is 6.61. The molecule has 0 amide bonds. The summed E-state index contributed by atoms with van der Waals surface area (Å²) in [5.41, 5.74) is 13.8. The molecule has 5 rings (SSSR count). The van der Waals surface area contributed by atoms with Crippen LogP contribution in [-0.2, 0) is 25.8 Å². The molecule has 3 unspecified atom stereocenters. The largest absolute Gasteiger partial charge is 0 e. The van der Waals surface area contributed by atoms with E-state index < -0.39 is 0 Å². The zero-order valence-electron chi connectivity index (χ0n) is 18.5. The molecule has 5 aliphatic carbocycles. The van der Waals surface area contributed by atoms with Gasteiger partial charge in [0.25, 0.3) is 0 Å². The second-order valence-electron chi connectivity index (χ2n) is 10.3. The fourth-order valence-electron chi connectivity index (χ4n) is 6.61. The molecule has 1 nitrogen and oxygen atoms in total. The molecule has 0 heterocycles. The van der Waals surface area contributed by atoms with Crippen molar-refractivity contribution in [3.8, 4) is 0 Å². The Bertz CT molecular complexity index is 514. The summed E-state index contributed by atoms with van der Waals surface area (Å²) in [6.07, 6.45) is 11.2. The zero-order chi connectivity index (χ0) is 19.0. The molecule has 4 saturated carbocycles. The van der Waals surface area contributed by atoms with Crippen molar-refractivity contribution in [3.63, 3.8) is 0 Å². The predicted octanol–water partition coefficient (Wildman–Crippen LogP) is 7.03. The molecule has 1 N–H and O–H groups in total. The summed E-state index contributed by atoms with van der Waals surface area (Å²) in [6.45, 7) is 13.5. The van der Waals surface area contributed by atoms with Crippen molar-refractivity contribution in [1.82, 2.24) is 0 Å². The molecule has 1 radical (unpaired) electrons. The molecule has 0 aromatic carbocycles. The van der Waals surface area contributed by atoms with E-state index in [2.05, 4.69) is 59.1 Å². The van der Waals surface area contributed by atoms with E-state index in [1.807, 2.05) is 0 Å². The van der Waals surface area contributed by atoms with Crippen LogP contribution in [0.4, 0.5) is 0 Å². The first-order valence-electron chi connectivity index (χ1n) is 10.2. The van der Waals surface area contributed by atoms with Crippen molar-refractivity contribution in [2.75, 3.05) is 0 Å². The molecular weight excluding hydrogens is 541 g/mol. The van der Waals surface area contributed by atoms with E-state index in [0.717, 1.165) is 5.92 Å². The van der Waals surface area contributed by atoms with Gasteiger partial charge in [0.2, 0.25) is 0 Å². The maximum atomic E-state index is 8.46. The molecule has 4 bridgehead atoms. The van der Waals surface area contributed by atoms with Crippen molar-refractivity contribution < 1.29 is 25.8 Å². The van der Waals surface area contributed by atoms with Gasteiger partial charge in [0.15, 0.2) is 0 Å². The number of nitrogens with one attached hydrogen (secondary N) is 1. The van der Waals surface area contributed by atoms with E-state index in [9.17, 15) is 0 Å². The van der Waals surface area contributed by atoms with Crippen LogP contribution in [0.2, 0.25) is 11.5 Å². The maximum Gasteiger partial charge on any atom is 0 e. The second kappa shape index (κ2) is 9.12. The fraction of sp³-hybridized carbons (Fsp3) is 0.826. The Kier molecular flexibility index (Phi) is 8.73. The van der Waals surface area contributed by atoms with Crippen LogP contribution in [-0.4, -0.2) is 21.0 Å². The number of hydrogen-bond donors (Lipinski definition) is 0. The van der Waals surface area contributed by atoms with Gasteiger partial charge >= 0.3 is 26.9 Å². The van der Waals surface area contributed by atoms with E-state index in [-0.39, 0.29) is 31.4 Å². The van der Waals surface area contributed by atoms with Crippen LogP contribution in [0.25, 0.3) is 5.73 Å². The van der Waals surface area contributed by atoms with Crippen molar-refractivity contribution >= 4 is 15.4 Å². The zero-order valence-corrected chi connectivity index (χ0v) is 24.5. The summed E-state index contributed by atoms with van der Waals surface area (Å²) >= 11 is 0.312. The summed E-state index contributed by atoms with van der Waals surface area (Å²) in [6, 6.07) is 0. The van der Waals surface area contributed by atoms with Gasteiger partial charge in [0.05, 0.1) is 0 Å². The minimum Gasteiger partial charge on any atom is 0 e. The molecule has 3 heteroatoms. The van der Waals surface area contributed by atoms with Gasteiger partial charge in [-0.3, -0.25) is 6.08 Å². The first kappa shape index (κ1) is 24.9. The van der Waals surface area contributed by atoms with Crippen LogP contribution < -0.4 is 0 Å².